The molecule has 1 fully saturated rings. The summed E-state index contributed by atoms with van der Waals surface area (Å²) in [6.07, 6.45) is 4.38. The van der Waals surface area contributed by atoms with Gasteiger partial charge in [0.05, 0.1) is 12.2 Å². The predicted octanol–water partition coefficient (Wildman–Crippen LogP) is 4.14. The van der Waals surface area contributed by atoms with Crippen molar-refractivity contribution in [2.24, 2.45) is 5.92 Å². The fourth-order valence-electron chi connectivity index (χ4n) is 4.27. The molecule has 0 amide bonds. The molecule has 2 aromatic carbocycles. The summed E-state index contributed by atoms with van der Waals surface area (Å²) in [7, 11) is 0. The quantitative estimate of drug-likeness (QED) is 0.564. The highest BCUT2D eigenvalue weighted by Crippen LogP contribution is 2.20. The first kappa shape index (κ1) is 20.8. The molecule has 30 heavy (non-hydrogen) atoms. The normalized spacial score (nSPS) is 15.7. The van der Waals surface area contributed by atoms with Crippen molar-refractivity contribution in [1.29, 1.82) is 0 Å². The van der Waals surface area contributed by atoms with Crippen LogP contribution in [0.4, 0.5) is 0 Å². The maximum atomic E-state index is 4.27. The van der Waals surface area contributed by atoms with Crippen LogP contribution in [0.2, 0.25) is 0 Å². The van der Waals surface area contributed by atoms with E-state index < -0.39 is 0 Å². The van der Waals surface area contributed by atoms with E-state index in [9.17, 15) is 0 Å². The fraction of sp³-hybridized carbons (Fsp3) is 0.400. The third-order valence-corrected chi connectivity index (χ3v) is 5.88. The monoisotopic (exact) mass is 403 g/mol. The van der Waals surface area contributed by atoms with E-state index >= 15 is 0 Å². The summed E-state index contributed by atoms with van der Waals surface area (Å²) in [5, 5.41) is 2.37. The molecule has 0 atom stereocenters. The van der Waals surface area contributed by atoms with Gasteiger partial charge in [-0.25, -0.2) is 15.4 Å². The molecule has 3 aromatic rings. The number of H-pyrrole nitrogens is 1. The fourth-order valence-corrected chi connectivity index (χ4v) is 4.27. The van der Waals surface area contributed by atoms with Crippen molar-refractivity contribution in [1.82, 2.24) is 25.3 Å². The molecule has 0 unspecified atom stereocenters. The summed E-state index contributed by atoms with van der Waals surface area (Å²) in [5.74, 6) is 1.72. The molecule has 158 valence electrons. The Bertz CT molecular complexity index is 827. The highest BCUT2D eigenvalue weighted by Gasteiger charge is 2.21. The molecule has 1 aromatic heterocycles. The number of nitrogens with zero attached hydrogens (tertiary/aromatic N) is 3. The zero-order valence-corrected chi connectivity index (χ0v) is 17.9. The Hall–Kier alpha value is -2.47. The molecule has 0 aliphatic carbocycles. The van der Waals surface area contributed by atoms with Crippen molar-refractivity contribution in [2.45, 2.75) is 39.4 Å². The van der Waals surface area contributed by atoms with Crippen LogP contribution in [0.3, 0.4) is 0 Å². The van der Waals surface area contributed by atoms with Gasteiger partial charge < -0.3 is 4.98 Å². The van der Waals surface area contributed by atoms with Crippen LogP contribution in [0.25, 0.3) is 0 Å². The highest BCUT2D eigenvalue weighted by atomic mass is 15.5. The maximum absolute atomic E-state index is 4.27. The van der Waals surface area contributed by atoms with Crippen molar-refractivity contribution in [3.63, 3.8) is 0 Å². The number of aryl methyl sites for hydroxylation is 1. The molecule has 4 rings (SSSR count). The molecule has 0 spiro atoms. The van der Waals surface area contributed by atoms with Crippen LogP contribution in [0.1, 0.15) is 35.5 Å². The van der Waals surface area contributed by atoms with Crippen LogP contribution >= 0.6 is 0 Å². The van der Waals surface area contributed by atoms with E-state index in [1.54, 1.807) is 0 Å². The number of imidazole rings is 1. The number of benzene rings is 2. The van der Waals surface area contributed by atoms with E-state index in [0.29, 0.717) is 0 Å². The number of aromatic nitrogens is 2. The van der Waals surface area contributed by atoms with Crippen molar-refractivity contribution in [2.75, 3.05) is 19.6 Å². The number of hydrogen-bond acceptors (Lipinski definition) is 4. The van der Waals surface area contributed by atoms with Crippen LogP contribution in [0.15, 0.2) is 66.9 Å². The van der Waals surface area contributed by atoms with Gasteiger partial charge in [0.25, 0.3) is 0 Å². The second-order valence-corrected chi connectivity index (χ2v) is 8.40. The SMILES string of the molecule is Cc1ncc(CNN2CCC(CN(Cc3ccccc3)Cc3ccccc3)CC2)[nH]1. The third-order valence-electron chi connectivity index (χ3n) is 5.88. The van der Waals surface area contributed by atoms with Gasteiger partial charge in [-0.05, 0) is 36.8 Å². The van der Waals surface area contributed by atoms with Gasteiger partial charge in [0.15, 0.2) is 0 Å². The first-order valence-electron chi connectivity index (χ1n) is 11.0. The lowest BCUT2D eigenvalue weighted by Gasteiger charge is -2.35. The third kappa shape index (κ3) is 6.26. The minimum Gasteiger partial charge on any atom is -0.345 e. The Morgan fingerprint density at radius 2 is 1.57 bits per heavy atom. The van der Waals surface area contributed by atoms with Crippen LogP contribution in [0, 0.1) is 12.8 Å². The molecule has 0 saturated carbocycles. The summed E-state index contributed by atoms with van der Waals surface area (Å²) in [5.41, 5.74) is 7.48. The average Bonchev–Trinajstić information content (AvgIpc) is 3.20. The van der Waals surface area contributed by atoms with E-state index in [-0.39, 0.29) is 0 Å². The summed E-state index contributed by atoms with van der Waals surface area (Å²) in [6, 6.07) is 21.7. The van der Waals surface area contributed by atoms with Gasteiger partial charge in [-0.15, -0.1) is 0 Å². The topological polar surface area (TPSA) is 47.2 Å². The highest BCUT2D eigenvalue weighted by molar-refractivity contribution is 5.17. The van der Waals surface area contributed by atoms with E-state index in [4.69, 9.17) is 0 Å². The van der Waals surface area contributed by atoms with Crippen LogP contribution in [-0.4, -0.2) is 39.5 Å². The van der Waals surface area contributed by atoms with Gasteiger partial charge in [0.2, 0.25) is 0 Å². The molecular weight excluding hydrogens is 370 g/mol. The van der Waals surface area contributed by atoms with Gasteiger partial charge in [-0.2, -0.15) is 0 Å². The molecule has 5 nitrogen and oxygen atoms in total. The lowest BCUT2D eigenvalue weighted by atomic mass is 9.96. The molecule has 5 heteroatoms. The largest absolute Gasteiger partial charge is 0.345 e. The Kier molecular flexibility index (Phi) is 7.29. The van der Waals surface area contributed by atoms with Crippen molar-refractivity contribution in [3.05, 3.63) is 89.5 Å². The van der Waals surface area contributed by atoms with Gasteiger partial charge >= 0.3 is 0 Å². The molecule has 2 N–H and O–H groups in total. The zero-order valence-electron chi connectivity index (χ0n) is 17.9. The minimum atomic E-state index is 0.741. The second-order valence-electron chi connectivity index (χ2n) is 8.40. The zero-order chi connectivity index (χ0) is 20.6. The number of aromatic amines is 1. The summed E-state index contributed by atoms with van der Waals surface area (Å²) >= 11 is 0. The molecule has 1 saturated heterocycles. The molecule has 0 bridgehead atoms. The van der Waals surface area contributed by atoms with Crippen LogP contribution in [-0.2, 0) is 19.6 Å². The number of hydrazine groups is 1. The van der Waals surface area contributed by atoms with Gasteiger partial charge in [0, 0.05) is 38.9 Å². The van der Waals surface area contributed by atoms with E-state index in [0.717, 1.165) is 56.7 Å². The van der Waals surface area contributed by atoms with Crippen LogP contribution in [0.5, 0.6) is 0 Å². The standard InChI is InChI=1S/C25H33N5/c1-21-26-16-25(28-21)17-27-30-14-12-24(13-15-30)20-29(18-22-8-4-2-5-9-22)19-23-10-6-3-7-11-23/h2-11,16,24,27H,12-15,17-20H2,1H3,(H,26,28). The summed E-state index contributed by atoms with van der Waals surface area (Å²) < 4.78 is 0. The molecular formula is C25H33N5. The predicted molar refractivity (Wildman–Crippen MR) is 121 cm³/mol. The Morgan fingerprint density at radius 3 is 2.10 bits per heavy atom. The van der Waals surface area contributed by atoms with Crippen molar-refractivity contribution in [3.8, 4) is 0 Å². The van der Waals surface area contributed by atoms with Crippen LogP contribution < -0.4 is 5.43 Å². The minimum absolute atomic E-state index is 0.741. The molecule has 1 aliphatic rings. The van der Waals surface area contributed by atoms with Gasteiger partial charge in [0.1, 0.15) is 5.82 Å². The van der Waals surface area contributed by atoms with Crippen molar-refractivity contribution >= 4 is 0 Å². The molecule has 2 heterocycles. The average molecular weight is 404 g/mol. The van der Waals surface area contributed by atoms with E-state index in [2.05, 4.69) is 86.0 Å². The number of hydrogen-bond donors (Lipinski definition) is 2. The first-order valence-corrected chi connectivity index (χ1v) is 11.0. The Labute approximate surface area is 180 Å². The second kappa shape index (κ2) is 10.5. The van der Waals surface area contributed by atoms with Gasteiger partial charge in [-0.1, -0.05) is 60.7 Å². The first-order chi connectivity index (χ1) is 14.7. The van der Waals surface area contributed by atoms with E-state index in [1.165, 1.54) is 24.0 Å². The van der Waals surface area contributed by atoms with E-state index in [1.807, 2.05) is 13.1 Å². The van der Waals surface area contributed by atoms with Crippen molar-refractivity contribution < 1.29 is 0 Å². The maximum Gasteiger partial charge on any atom is 0.103 e. The number of rotatable bonds is 9. The Balaban J connectivity index is 1.29. The Morgan fingerprint density at radius 1 is 0.967 bits per heavy atom. The molecule has 1 aliphatic heterocycles. The lowest BCUT2D eigenvalue weighted by molar-refractivity contribution is 0.0965. The smallest absolute Gasteiger partial charge is 0.103 e. The summed E-state index contributed by atoms with van der Waals surface area (Å²) in [4.78, 5) is 10.2. The van der Waals surface area contributed by atoms with Gasteiger partial charge in [-0.3, -0.25) is 4.90 Å². The number of nitrogens with one attached hydrogen (secondary N) is 2. The molecule has 0 radical (unpaired) electrons. The number of piperidine rings is 1. The lowest BCUT2D eigenvalue weighted by Crippen LogP contribution is -2.45. The summed E-state index contributed by atoms with van der Waals surface area (Å²) in [6.45, 7) is 8.17.